The van der Waals surface area contributed by atoms with Crippen LogP contribution in [0.5, 0.6) is 0 Å². The molecule has 0 bridgehead atoms. The standard InChI is InChI=1S/C13H21N3O3S/c1-3-10(14)9-13(17)15-11-5-7-12(8-6-11)16-20(18,19)4-2/h5-8,10,16H,3-4,9,14H2,1-2H3,(H,15,17). The molecule has 0 aromatic heterocycles. The second kappa shape index (κ2) is 7.25. The van der Waals surface area contributed by atoms with E-state index in [2.05, 4.69) is 10.0 Å². The summed E-state index contributed by atoms with van der Waals surface area (Å²) in [6.07, 6.45) is 1.01. The quantitative estimate of drug-likeness (QED) is 0.710. The van der Waals surface area contributed by atoms with Crippen molar-refractivity contribution in [2.45, 2.75) is 32.7 Å². The molecule has 0 aliphatic rings. The van der Waals surface area contributed by atoms with Gasteiger partial charge in [-0.3, -0.25) is 9.52 Å². The third-order valence-electron chi connectivity index (χ3n) is 2.79. The Morgan fingerprint density at radius 2 is 1.75 bits per heavy atom. The second-order valence-corrected chi connectivity index (χ2v) is 6.51. The smallest absolute Gasteiger partial charge is 0.232 e. The van der Waals surface area contributed by atoms with Crippen molar-refractivity contribution in [3.8, 4) is 0 Å². The van der Waals surface area contributed by atoms with Crippen molar-refractivity contribution in [1.29, 1.82) is 0 Å². The summed E-state index contributed by atoms with van der Waals surface area (Å²) in [6.45, 7) is 3.49. The van der Waals surface area contributed by atoms with Crippen molar-refractivity contribution in [1.82, 2.24) is 0 Å². The van der Waals surface area contributed by atoms with E-state index in [1.54, 1.807) is 31.2 Å². The summed E-state index contributed by atoms with van der Waals surface area (Å²) >= 11 is 0. The lowest BCUT2D eigenvalue weighted by Gasteiger charge is -2.10. The van der Waals surface area contributed by atoms with Crippen molar-refractivity contribution < 1.29 is 13.2 Å². The van der Waals surface area contributed by atoms with Gasteiger partial charge in [0.25, 0.3) is 0 Å². The molecule has 0 spiro atoms. The number of amides is 1. The minimum absolute atomic E-state index is 0.0143. The number of nitrogens with one attached hydrogen (secondary N) is 2. The van der Waals surface area contributed by atoms with Crippen LogP contribution in [0.4, 0.5) is 11.4 Å². The van der Waals surface area contributed by atoms with E-state index in [0.717, 1.165) is 6.42 Å². The summed E-state index contributed by atoms with van der Waals surface area (Å²) in [5.74, 6) is -0.137. The molecule has 20 heavy (non-hydrogen) atoms. The first-order valence-corrected chi connectivity index (χ1v) is 8.17. The van der Waals surface area contributed by atoms with E-state index < -0.39 is 10.0 Å². The Kier molecular flexibility index (Phi) is 5.97. The molecule has 0 aliphatic heterocycles. The predicted octanol–water partition coefficient (Wildman–Crippen LogP) is 1.51. The highest BCUT2D eigenvalue weighted by atomic mass is 32.2. The molecular weight excluding hydrogens is 278 g/mol. The van der Waals surface area contributed by atoms with Crippen LogP contribution in [0, 0.1) is 0 Å². The third kappa shape index (κ3) is 5.58. The molecule has 7 heteroatoms. The molecule has 0 saturated heterocycles. The number of carbonyl (C=O) groups excluding carboxylic acids is 1. The van der Waals surface area contributed by atoms with Crippen LogP contribution in [0.25, 0.3) is 0 Å². The molecule has 1 rings (SSSR count). The Morgan fingerprint density at radius 1 is 1.20 bits per heavy atom. The molecule has 0 saturated carbocycles. The number of carbonyl (C=O) groups is 1. The van der Waals surface area contributed by atoms with E-state index >= 15 is 0 Å². The number of nitrogens with two attached hydrogens (primary N) is 1. The molecule has 112 valence electrons. The van der Waals surface area contributed by atoms with E-state index in [9.17, 15) is 13.2 Å². The molecule has 1 amide bonds. The number of sulfonamides is 1. The van der Waals surface area contributed by atoms with E-state index in [1.165, 1.54) is 0 Å². The Balaban J connectivity index is 2.61. The van der Waals surface area contributed by atoms with Gasteiger partial charge in [-0.25, -0.2) is 8.42 Å². The van der Waals surface area contributed by atoms with Gasteiger partial charge >= 0.3 is 0 Å². The molecule has 0 aliphatic carbocycles. The first-order valence-electron chi connectivity index (χ1n) is 6.52. The van der Waals surface area contributed by atoms with Crippen molar-refractivity contribution in [2.24, 2.45) is 5.73 Å². The van der Waals surface area contributed by atoms with Gasteiger partial charge in [0, 0.05) is 23.8 Å². The lowest BCUT2D eigenvalue weighted by atomic mass is 10.1. The molecule has 1 aromatic rings. The fraction of sp³-hybridized carbons (Fsp3) is 0.462. The van der Waals surface area contributed by atoms with Gasteiger partial charge in [0.2, 0.25) is 15.9 Å². The molecule has 0 heterocycles. The second-order valence-electron chi connectivity index (χ2n) is 4.50. The zero-order valence-electron chi connectivity index (χ0n) is 11.7. The minimum Gasteiger partial charge on any atom is -0.327 e. The molecule has 1 aromatic carbocycles. The Bertz CT molecular complexity index is 540. The maximum absolute atomic E-state index is 11.6. The number of benzene rings is 1. The number of rotatable bonds is 7. The van der Waals surface area contributed by atoms with Gasteiger partial charge in [-0.05, 0) is 37.6 Å². The maximum Gasteiger partial charge on any atom is 0.232 e. The SMILES string of the molecule is CCC(N)CC(=O)Nc1ccc(NS(=O)(=O)CC)cc1. The summed E-state index contributed by atoms with van der Waals surface area (Å²) in [5.41, 5.74) is 6.78. The van der Waals surface area contributed by atoms with E-state index in [0.29, 0.717) is 11.4 Å². The van der Waals surface area contributed by atoms with Gasteiger partial charge < -0.3 is 11.1 Å². The fourth-order valence-electron chi connectivity index (χ4n) is 1.47. The number of hydrogen-bond donors (Lipinski definition) is 3. The average molecular weight is 299 g/mol. The Morgan fingerprint density at radius 3 is 2.25 bits per heavy atom. The van der Waals surface area contributed by atoms with Crippen LogP contribution in [0.2, 0.25) is 0 Å². The van der Waals surface area contributed by atoms with Gasteiger partial charge in [-0.15, -0.1) is 0 Å². The van der Waals surface area contributed by atoms with Crippen LogP contribution in [-0.2, 0) is 14.8 Å². The van der Waals surface area contributed by atoms with Crippen LogP contribution in [0.3, 0.4) is 0 Å². The highest BCUT2D eigenvalue weighted by Crippen LogP contribution is 2.15. The van der Waals surface area contributed by atoms with Crippen LogP contribution in [0.15, 0.2) is 24.3 Å². The third-order valence-corrected chi connectivity index (χ3v) is 4.10. The normalized spacial score (nSPS) is 12.8. The molecule has 0 radical (unpaired) electrons. The fourth-order valence-corrected chi connectivity index (χ4v) is 2.11. The summed E-state index contributed by atoms with van der Waals surface area (Å²) in [7, 11) is -3.28. The first kappa shape index (κ1) is 16.5. The molecule has 0 fully saturated rings. The van der Waals surface area contributed by atoms with Crippen LogP contribution in [-0.4, -0.2) is 26.1 Å². The van der Waals surface area contributed by atoms with Gasteiger partial charge in [0.05, 0.1) is 5.75 Å². The van der Waals surface area contributed by atoms with Gasteiger partial charge in [-0.1, -0.05) is 6.92 Å². The average Bonchev–Trinajstić information content (AvgIpc) is 2.40. The molecule has 1 unspecified atom stereocenters. The summed E-state index contributed by atoms with van der Waals surface area (Å²) in [4.78, 5) is 11.6. The Labute approximate surface area is 119 Å². The maximum atomic E-state index is 11.6. The largest absolute Gasteiger partial charge is 0.327 e. The zero-order valence-corrected chi connectivity index (χ0v) is 12.5. The van der Waals surface area contributed by atoms with E-state index in [-0.39, 0.29) is 24.1 Å². The van der Waals surface area contributed by atoms with Crippen LogP contribution >= 0.6 is 0 Å². The van der Waals surface area contributed by atoms with Crippen molar-refractivity contribution in [3.05, 3.63) is 24.3 Å². The van der Waals surface area contributed by atoms with Crippen LogP contribution < -0.4 is 15.8 Å². The predicted molar refractivity (Wildman–Crippen MR) is 81.0 cm³/mol. The van der Waals surface area contributed by atoms with Gasteiger partial charge in [0.1, 0.15) is 0 Å². The lowest BCUT2D eigenvalue weighted by molar-refractivity contribution is -0.116. The number of hydrogen-bond acceptors (Lipinski definition) is 4. The summed E-state index contributed by atoms with van der Waals surface area (Å²) in [5, 5.41) is 2.72. The van der Waals surface area contributed by atoms with Gasteiger partial charge in [-0.2, -0.15) is 0 Å². The first-order chi connectivity index (χ1) is 9.36. The summed E-state index contributed by atoms with van der Waals surface area (Å²) < 4.78 is 25.2. The van der Waals surface area contributed by atoms with Crippen molar-refractivity contribution in [2.75, 3.05) is 15.8 Å². The minimum atomic E-state index is -3.28. The molecule has 1 atom stereocenters. The van der Waals surface area contributed by atoms with Crippen molar-refractivity contribution in [3.63, 3.8) is 0 Å². The highest BCUT2D eigenvalue weighted by molar-refractivity contribution is 7.92. The molecular formula is C13H21N3O3S. The lowest BCUT2D eigenvalue weighted by Crippen LogP contribution is -2.26. The Hall–Kier alpha value is -1.60. The zero-order chi connectivity index (χ0) is 15.2. The molecule has 4 N–H and O–H groups in total. The van der Waals surface area contributed by atoms with Crippen LogP contribution in [0.1, 0.15) is 26.7 Å². The monoisotopic (exact) mass is 299 g/mol. The summed E-state index contributed by atoms with van der Waals surface area (Å²) in [6, 6.07) is 6.34. The number of anilines is 2. The van der Waals surface area contributed by atoms with Gasteiger partial charge in [0.15, 0.2) is 0 Å². The van der Waals surface area contributed by atoms with E-state index in [1.807, 2.05) is 6.92 Å². The highest BCUT2D eigenvalue weighted by Gasteiger charge is 2.09. The van der Waals surface area contributed by atoms with E-state index in [4.69, 9.17) is 5.73 Å². The molecule has 6 nitrogen and oxygen atoms in total. The van der Waals surface area contributed by atoms with Crippen molar-refractivity contribution >= 4 is 27.3 Å². The topological polar surface area (TPSA) is 101 Å².